The van der Waals surface area contributed by atoms with Crippen LogP contribution in [0.25, 0.3) is 0 Å². The molecule has 3 heteroatoms. The fraction of sp³-hybridized carbons (Fsp3) is 0.600. The second kappa shape index (κ2) is 6.58. The summed E-state index contributed by atoms with van der Waals surface area (Å²) >= 11 is 3.61. The number of likely N-dealkylation sites (N-methyl/N-ethyl adjacent to an activating group) is 1. The van der Waals surface area contributed by atoms with Gasteiger partial charge in [-0.25, -0.2) is 0 Å². The second-order valence-electron chi connectivity index (χ2n) is 4.90. The van der Waals surface area contributed by atoms with E-state index in [1.807, 2.05) is 0 Å². The molecule has 0 fully saturated rings. The number of hydrogen-bond donors (Lipinski definition) is 1. The predicted molar refractivity (Wildman–Crippen MR) is 79.4 cm³/mol. The van der Waals surface area contributed by atoms with Crippen LogP contribution in [0.1, 0.15) is 37.8 Å². The first-order chi connectivity index (χ1) is 8.74. The summed E-state index contributed by atoms with van der Waals surface area (Å²) in [5.41, 5.74) is 2.70. The highest BCUT2D eigenvalue weighted by molar-refractivity contribution is 9.10. The van der Waals surface area contributed by atoms with Crippen molar-refractivity contribution in [3.8, 4) is 5.75 Å². The Morgan fingerprint density at radius 3 is 2.94 bits per heavy atom. The third kappa shape index (κ3) is 3.27. The van der Waals surface area contributed by atoms with Crippen LogP contribution in [0.15, 0.2) is 16.6 Å². The van der Waals surface area contributed by atoms with Crippen LogP contribution >= 0.6 is 15.9 Å². The van der Waals surface area contributed by atoms with E-state index in [1.165, 1.54) is 28.4 Å². The lowest BCUT2D eigenvalue weighted by Crippen LogP contribution is -2.30. The maximum atomic E-state index is 5.79. The van der Waals surface area contributed by atoms with Gasteiger partial charge in [0.2, 0.25) is 0 Å². The lowest BCUT2D eigenvalue weighted by molar-refractivity contribution is 0.350. The third-order valence-corrected chi connectivity index (χ3v) is 3.88. The molecule has 0 spiro atoms. The monoisotopic (exact) mass is 311 g/mol. The minimum absolute atomic E-state index is 0.558. The van der Waals surface area contributed by atoms with Gasteiger partial charge in [-0.05, 0) is 42.6 Å². The Hall–Kier alpha value is -0.540. The van der Waals surface area contributed by atoms with Gasteiger partial charge in [-0.1, -0.05) is 36.2 Å². The zero-order valence-corrected chi connectivity index (χ0v) is 12.8. The number of ether oxygens (including phenoxy) is 1. The summed E-state index contributed by atoms with van der Waals surface area (Å²) < 4.78 is 6.97. The zero-order valence-electron chi connectivity index (χ0n) is 11.3. The average molecular weight is 312 g/mol. The van der Waals surface area contributed by atoms with Crippen molar-refractivity contribution in [3.05, 3.63) is 27.7 Å². The van der Waals surface area contributed by atoms with E-state index in [-0.39, 0.29) is 0 Å². The molecule has 2 nitrogen and oxygen atoms in total. The molecule has 0 amide bonds. The van der Waals surface area contributed by atoms with E-state index in [0.717, 1.165) is 31.7 Å². The van der Waals surface area contributed by atoms with Crippen molar-refractivity contribution >= 4 is 15.9 Å². The van der Waals surface area contributed by atoms with Crippen molar-refractivity contribution < 1.29 is 4.74 Å². The van der Waals surface area contributed by atoms with Gasteiger partial charge in [0.1, 0.15) is 5.75 Å². The fourth-order valence-electron chi connectivity index (χ4n) is 2.68. The smallest absolute Gasteiger partial charge is 0.125 e. The van der Waals surface area contributed by atoms with Crippen LogP contribution in [0.4, 0.5) is 0 Å². The Kier molecular flexibility index (Phi) is 5.07. The van der Waals surface area contributed by atoms with E-state index in [0.29, 0.717) is 6.04 Å². The molecule has 0 aliphatic carbocycles. The Labute approximate surface area is 118 Å². The molecule has 0 radical (unpaired) electrons. The molecule has 0 aromatic heterocycles. The van der Waals surface area contributed by atoms with Gasteiger partial charge >= 0.3 is 0 Å². The molecule has 100 valence electrons. The molecule has 1 aromatic carbocycles. The first-order valence-corrected chi connectivity index (χ1v) is 7.71. The van der Waals surface area contributed by atoms with Crippen LogP contribution in [0.3, 0.4) is 0 Å². The summed E-state index contributed by atoms with van der Waals surface area (Å²) in [5.74, 6) is 1.14. The van der Waals surface area contributed by atoms with Crippen LogP contribution in [0.2, 0.25) is 0 Å². The summed E-state index contributed by atoms with van der Waals surface area (Å²) in [6.45, 7) is 6.27. The third-order valence-electron chi connectivity index (χ3n) is 3.42. The molecular weight excluding hydrogens is 290 g/mol. The van der Waals surface area contributed by atoms with Crippen molar-refractivity contribution in [1.29, 1.82) is 0 Å². The Morgan fingerprint density at radius 2 is 2.22 bits per heavy atom. The van der Waals surface area contributed by atoms with E-state index in [9.17, 15) is 0 Å². The topological polar surface area (TPSA) is 21.3 Å². The van der Waals surface area contributed by atoms with Crippen molar-refractivity contribution in [2.24, 2.45) is 0 Å². The van der Waals surface area contributed by atoms with Gasteiger partial charge in [-0.2, -0.15) is 0 Å². The minimum Gasteiger partial charge on any atom is -0.493 e. The van der Waals surface area contributed by atoms with E-state index in [1.54, 1.807) is 0 Å². The van der Waals surface area contributed by atoms with Crippen LogP contribution in [-0.2, 0) is 12.8 Å². The van der Waals surface area contributed by atoms with Crippen molar-refractivity contribution in [2.45, 2.75) is 45.6 Å². The van der Waals surface area contributed by atoms with E-state index >= 15 is 0 Å². The summed E-state index contributed by atoms with van der Waals surface area (Å²) in [4.78, 5) is 0. The molecular formula is C15H22BrNO. The molecule has 18 heavy (non-hydrogen) atoms. The number of benzene rings is 1. The van der Waals surface area contributed by atoms with Gasteiger partial charge in [0, 0.05) is 16.9 Å². The molecule has 1 N–H and O–H groups in total. The quantitative estimate of drug-likeness (QED) is 0.865. The Balaban J connectivity index is 2.17. The maximum absolute atomic E-state index is 5.79. The van der Waals surface area contributed by atoms with Gasteiger partial charge in [-0.15, -0.1) is 0 Å². The first-order valence-electron chi connectivity index (χ1n) is 6.92. The summed E-state index contributed by atoms with van der Waals surface area (Å²) in [5, 5.41) is 3.57. The van der Waals surface area contributed by atoms with Crippen molar-refractivity contribution in [1.82, 2.24) is 5.32 Å². The lowest BCUT2D eigenvalue weighted by atomic mass is 9.99. The lowest BCUT2D eigenvalue weighted by Gasteiger charge is -2.19. The molecule has 0 bridgehead atoms. The van der Waals surface area contributed by atoms with Crippen molar-refractivity contribution in [3.63, 3.8) is 0 Å². The summed E-state index contributed by atoms with van der Waals surface area (Å²) in [6, 6.07) is 4.96. The van der Waals surface area contributed by atoms with Crippen LogP contribution in [-0.4, -0.2) is 19.2 Å². The molecule has 1 atom stereocenters. The SMILES string of the molecule is CCCC(Cc1cc(Br)cc2c1OCC2)NCC. The number of hydrogen-bond acceptors (Lipinski definition) is 2. The van der Waals surface area contributed by atoms with E-state index in [4.69, 9.17) is 4.74 Å². The average Bonchev–Trinajstić information content (AvgIpc) is 2.77. The van der Waals surface area contributed by atoms with E-state index in [2.05, 4.69) is 47.2 Å². The highest BCUT2D eigenvalue weighted by Crippen LogP contribution is 2.33. The summed E-state index contributed by atoms with van der Waals surface area (Å²) in [7, 11) is 0. The minimum atomic E-state index is 0.558. The van der Waals surface area contributed by atoms with Gasteiger partial charge in [-0.3, -0.25) is 0 Å². The van der Waals surface area contributed by atoms with Gasteiger partial charge in [0.15, 0.2) is 0 Å². The molecule has 0 saturated heterocycles. The molecule has 1 aromatic rings. The maximum Gasteiger partial charge on any atom is 0.125 e. The second-order valence-corrected chi connectivity index (χ2v) is 5.81. The standard InChI is InChI=1S/C15H22BrNO/c1-3-5-14(17-4-2)10-12-9-13(16)8-11-6-7-18-15(11)12/h8-9,14,17H,3-7,10H2,1-2H3. The van der Waals surface area contributed by atoms with Crippen LogP contribution < -0.4 is 10.1 Å². The molecule has 1 heterocycles. The predicted octanol–water partition coefficient (Wildman–Crippen LogP) is 3.70. The van der Waals surface area contributed by atoms with E-state index < -0.39 is 0 Å². The highest BCUT2D eigenvalue weighted by atomic mass is 79.9. The Morgan fingerprint density at radius 1 is 1.39 bits per heavy atom. The number of rotatable bonds is 6. The van der Waals surface area contributed by atoms with Gasteiger partial charge < -0.3 is 10.1 Å². The molecule has 1 aliphatic rings. The fourth-order valence-corrected chi connectivity index (χ4v) is 3.23. The number of nitrogens with one attached hydrogen (secondary N) is 1. The highest BCUT2D eigenvalue weighted by Gasteiger charge is 2.19. The van der Waals surface area contributed by atoms with Crippen LogP contribution in [0.5, 0.6) is 5.75 Å². The van der Waals surface area contributed by atoms with Crippen LogP contribution in [0, 0.1) is 0 Å². The largest absolute Gasteiger partial charge is 0.493 e. The van der Waals surface area contributed by atoms with Gasteiger partial charge in [0.05, 0.1) is 6.61 Å². The molecule has 0 saturated carbocycles. The Bertz CT molecular complexity index is 400. The molecule has 1 aliphatic heterocycles. The zero-order chi connectivity index (χ0) is 13.0. The number of fused-ring (bicyclic) bond motifs is 1. The normalized spacial score (nSPS) is 15.3. The van der Waals surface area contributed by atoms with Crippen molar-refractivity contribution in [2.75, 3.05) is 13.2 Å². The van der Waals surface area contributed by atoms with Gasteiger partial charge in [0.25, 0.3) is 0 Å². The molecule has 2 rings (SSSR count). The molecule has 1 unspecified atom stereocenters. The first kappa shape index (κ1) is 13.9. The summed E-state index contributed by atoms with van der Waals surface area (Å²) in [6.07, 6.45) is 4.54. The number of halogens is 1.